The van der Waals surface area contributed by atoms with Crippen LogP contribution >= 0.6 is 11.6 Å². The Hall–Kier alpha value is -3.16. The molecular formula is C25H26ClN5O2. The normalized spacial score (nSPS) is 17.4. The fourth-order valence-electron chi connectivity index (χ4n) is 4.57. The van der Waals surface area contributed by atoms with Gasteiger partial charge < -0.3 is 9.64 Å². The number of ether oxygens (including phenoxy) is 1. The molecule has 3 heterocycles. The van der Waals surface area contributed by atoms with E-state index < -0.39 is 0 Å². The van der Waals surface area contributed by atoms with Gasteiger partial charge in [-0.3, -0.25) is 10.2 Å². The Kier molecular flexibility index (Phi) is 6.15. The number of benzene rings is 2. The van der Waals surface area contributed by atoms with Crippen molar-refractivity contribution in [1.29, 1.82) is 0 Å². The van der Waals surface area contributed by atoms with Crippen molar-refractivity contribution in [3.8, 4) is 11.5 Å². The Morgan fingerprint density at radius 1 is 1.03 bits per heavy atom. The molecular weight excluding hydrogens is 438 g/mol. The van der Waals surface area contributed by atoms with E-state index >= 15 is 0 Å². The van der Waals surface area contributed by atoms with Gasteiger partial charge >= 0.3 is 6.03 Å². The van der Waals surface area contributed by atoms with Crippen LogP contribution in [0.4, 0.5) is 10.6 Å². The minimum atomic E-state index is -0.0962. The van der Waals surface area contributed by atoms with Gasteiger partial charge in [-0.25, -0.2) is 4.79 Å². The molecule has 0 radical (unpaired) electrons. The molecule has 2 saturated heterocycles. The largest absolute Gasteiger partial charge is 0.457 e. The number of nitrogens with one attached hydrogen (secondary N) is 1. The molecule has 7 nitrogen and oxygen atoms in total. The summed E-state index contributed by atoms with van der Waals surface area (Å²) in [6.07, 6.45) is 3.79. The summed E-state index contributed by atoms with van der Waals surface area (Å²) in [6, 6.07) is 19.0. The molecule has 33 heavy (non-hydrogen) atoms. The molecule has 0 atom stereocenters. The van der Waals surface area contributed by atoms with Crippen molar-refractivity contribution in [2.75, 3.05) is 31.5 Å². The number of halogens is 1. The number of urea groups is 1. The molecule has 1 N–H and O–H groups in total. The number of carbonyl (C=O) groups is 1. The van der Waals surface area contributed by atoms with Crippen LogP contribution in [0, 0.1) is 5.41 Å². The van der Waals surface area contributed by atoms with Gasteiger partial charge in [0.25, 0.3) is 0 Å². The van der Waals surface area contributed by atoms with Crippen molar-refractivity contribution in [1.82, 2.24) is 20.0 Å². The predicted molar refractivity (Wildman–Crippen MR) is 128 cm³/mol. The molecule has 1 spiro atoms. The van der Waals surface area contributed by atoms with Crippen molar-refractivity contribution in [2.45, 2.75) is 19.4 Å². The van der Waals surface area contributed by atoms with Crippen LogP contribution in [-0.2, 0) is 6.54 Å². The molecule has 2 aliphatic rings. The number of rotatable bonds is 5. The van der Waals surface area contributed by atoms with Crippen LogP contribution in [0.25, 0.3) is 0 Å². The van der Waals surface area contributed by atoms with Crippen LogP contribution < -0.4 is 10.1 Å². The maximum Gasteiger partial charge on any atom is 0.323 e. The topological polar surface area (TPSA) is 70.6 Å². The standard InChI is InChI=1S/C25H26ClN5O2/c26-20-6-8-21(9-7-20)33-22-4-1-3-19(15-22)16-30-13-10-25(11-14-30)17-31(18-25)24(32)28-23-5-2-12-27-29-23/h1-9,12,15H,10-11,13-14,16-18H2,(H,28,29,32). The van der Waals surface area contributed by atoms with Gasteiger partial charge in [-0.1, -0.05) is 23.7 Å². The molecule has 3 aromatic rings. The third-order valence-corrected chi connectivity index (χ3v) is 6.67. The fourth-order valence-corrected chi connectivity index (χ4v) is 4.70. The zero-order valence-electron chi connectivity index (χ0n) is 18.3. The number of amides is 2. The SMILES string of the molecule is O=C(Nc1cccnn1)N1CC2(CCN(Cc3cccc(Oc4ccc(Cl)cc4)c3)CC2)C1. The number of aromatic nitrogens is 2. The summed E-state index contributed by atoms with van der Waals surface area (Å²) < 4.78 is 5.97. The van der Waals surface area contributed by atoms with E-state index in [1.165, 1.54) is 5.56 Å². The van der Waals surface area contributed by atoms with Crippen LogP contribution in [0.5, 0.6) is 11.5 Å². The van der Waals surface area contributed by atoms with E-state index in [9.17, 15) is 4.79 Å². The van der Waals surface area contributed by atoms with E-state index in [1.807, 2.05) is 41.3 Å². The summed E-state index contributed by atoms with van der Waals surface area (Å²) >= 11 is 5.95. The first-order chi connectivity index (χ1) is 16.1. The highest BCUT2D eigenvalue weighted by Crippen LogP contribution is 2.41. The van der Waals surface area contributed by atoms with Gasteiger partial charge in [0.1, 0.15) is 11.5 Å². The highest BCUT2D eigenvalue weighted by Gasteiger charge is 2.46. The van der Waals surface area contributed by atoms with Crippen molar-refractivity contribution < 1.29 is 9.53 Å². The molecule has 2 aliphatic heterocycles. The number of hydrogen-bond acceptors (Lipinski definition) is 5. The average molecular weight is 464 g/mol. The van der Waals surface area contributed by atoms with E-state index in [4.69, 9.17) is 16.3 Å². The van der Waals surface area contributed by atoms with Gasteiger partial charge in [0.15, 0.2) is 5.82 Å². The summed E-state index contributed by atoms with van der Waals surface area (Å²) in [5.74, 6) is 2.09. The maximum atomic E-state index is 12.4. The monoisotopic (exact) mass is 463 g/mol. The van der Waals surface area contributed by atoms with E-state index in [-0.39, 0.29) is 11.4 Å². The zero-order valence-corrected chi connectivity index (χ0v) is 19.0. The quantitative estimate of drug-likeness (QED) is 0.573. The molecule has 170 valence electrons. The summed E-state index contributed by atoms with van der Waals surface area (Å²) in [5, 5.41) is 11.2. The molecule has 1 aromatic heterocycles. The molecule has 5 rings (SSSR count). The lowest BCUT2D eigenvalue weighted by atomic mass is 9.72. The number of piperidine rings is 1. The molecule has 0 bridgehead atoms. The van der Waals surface area contributed by atoms with Crippen LogP contribution in [0.2, 0.25) is 5.02 Å². The molecule has 2 amide bonds. The summed E-state index contributed by atoms with van der Waals surface area (Å²) in [6.45, 7) is 4.56. The summed E-state index contributed by atoms with van der Waals surface area (Å²) in [4.78, 5) is 16.8. The number of likely N-dealkylation sites (tertiary alicyclic amines) is 2. The minimum absolute atomic E-state index is 0.0962. The Bertz CT molecular complexity index is 1090. The maximum absolute atomic E-state index is 12.4. The molecule has 0 aliphatic carbocycles. The second-order valence-electron chi connectivity index (χ2n) is 8.87. The van der Waals surface area contributed by atoms with Crippen molar-refractivity contribution in [2.24, 2.45) is 5.41 Å². The first-order valence-corrected chi connectivity index (χ1v) is 11.5. The van der Waals surface area contributed by atoms with Gasteiger partial charge in [0.05, 0.1) is 0 Å². The van der Waals surface area contributed by atoms with Crippen LogP contribution in [-0.4, -0.2) is 52.2 Å². The second-order valence-corrected chi connectivity index (χ2v) is 9.31. The van der Waals surface area contributed by atoms with Crippen molar-refractivity contribution >= 4 is 23.4 Å². The number of anilines is 1. The smallest absolute Gasteiger partial charge is 0.323 e. The summed E-state index contributed by atoms with van der Waals surface area (Å²) in [7, 11) is 0. The first kappa shape index (κ1) is 21.7. The van der Waals surface area contributed by atoms with Crippen molar-refractivity contribution in [3.63, 3.8) is 0 Å². The van der Waals surface area contributed by atoms with Gasteiger partial charge in [-0.2, -0.15) is 5.10 Å². The Balaban J connectivity index is 1.10. The number of nitrogens with zero attached hydrogens (tertiary/aromatic N) is 4. The minimum Gasteiger partial charge on any atom is -0.457 e. The van der Waals surface area contributed by atoms with Crippen LogP contribution in [0.15, 0.2) is 66.9 Å². The Morgan fingerprint density at radius 2 is 1.82 bits per heavy atom. The third kappa shape index (κ3) is 5.26. The van der Waals surface area contributed by atoms with E-state index in [1.54, 1.807) is 18.3 Å². The molecule has 0 saturated carbocycles. The number of carbonyl (C=O) groups excluding carboxylic acids is 1. The molecule has 8 heteroatoms. The van der Waals surface area contributed by atoms with Gasteiger partial charge in [0.2, 0.25) is 0 Å². The average Bonchev–Trinajstić information content (AvgIpc) is 2.81. The van der Waals surface area contributed by atoms with Crippen LogP contribution in [0.3, 0.4) is 0 Å². The van der Waals surface area contributed by atoms with Gasteiger partial charge in [0, 0.05) is 36.3 Å². The summed E-state index contributed by atoms with van der Waals surface area (Å²) in [5.41, 5.74) is 1.48. The van der Waals surface area contributed by atoms with Gasteiger partial charge in [-0.05, 0) is 80.0 Å². The zero-order chi connectivity index (χ0) is 22.7. The Labute approximate surface area is 198 Å². The lowest BCUT2D eigenvalue weighted by molar-refractivity contribution is -0.0200. The molecule has 2 fully saturated rings. The van der Waals surface area contributed by atoms with E-state index in [0.29, 0.717) is 10.8 Å². The highest BCUT2D eigenvalue weighted by atomic mass is 35.5. The molecule has 2 aromatic carbocycles. The lowest BCUT2D eigenvalue weighted by Gasteiger charge is -2.53. The Morgan fingerprint density at radius 3 is 2.55 bits per heavy atom. The van der Waals surface area contributed by atoms with Gasteiger partial charge in [-0.15, -0.1) is 5.10 Å². The predicted octanol–water partition coefficient (Wildman–Crippen LogP) is 5.05. The fraction of sp³-hybridized carbons (Fsp3) is 0.320. The third-order valence-electron chi connectivity index (χ3n) is 6.42. The van der Waals surface area contributed by atoms with Crippen LogP contribution in [0.1, 0.15) is 18.4 Å². The first-order valence-electron chi connectivity index (χ1n) is 11.2. The number of hydrogen-bond donors (Lipinski definition) is 1. The highest BCUT2D eigenvalue weighted by molar-refractivity contribution is 6.30. The van der Waals surface area contributed by atoms with Crippen molar-refractivity contribution in [3.05, 3.63) is 77.4 Å². The lowest BCUT2D eigenvalue weighted by Crippen LogP contribution is -2.62. The van der Waals surface area contributed by atoms with E-state index in [2.05, 4.69) is 32.5 Å². The molecule has 0 unspecified atom stereocenters. The second kappa shape index (κ2) is 9.37. The van der Waals surface area contributed by atoms with E-state index in [0.717, 1.165) is 57.1 Å².